The number of carbonyl (C=O) groups excluding carboxylic acids is 1. The van der Waals surface area contributed by atoms with Crippen LogP contribution in [0.1, 0.15) is 12.8 Å². The van der Waals surface area contributed by atoms with Crippen molar-refractivity contribution in [2.24, 2.45) is 11.5 Å². The van der Waals surface area contributed by atoms with Crippen molar-refractivity contribution in [1.29, 1.82) is 0 Å². The molecular weight excluding hydrogens is 134 g/mol. The van der Waals surface area contributed by atoms with E-state index >= 15 is 0 Å². The summed E-state index contributed by atoms with van der Waals surface area (Å²) < 4.78 is 0. The Kier molecular flexibility index (Phi) is 1.63. The van der Waals surface area contributed by atoms with Crippen molar-refractivity contribution in [1.82, 2.24) is 5.06 Å². The molecule has 0 unspecified atom stereocenters. The van der Waals surface area contributed by atoms with Crippen LogP contribution in [0.4, 0.5) is 0 Å². The molecule has 1 atom stereocenters. The van der Waals surface area contributed by atoms with Crippen LogP contribution in [-0.2, 0) is 4.79 Å². The summed E-state index contributed by atoms with van der Waals surface area (Å²) in [5.74, 6) is -0.674. The van der Waals surface area contributed by atoms with Gasteiger partial charge in [0.2, 0.25) is 0 Å². The molecule has 0 aromatic carbocycles. The van der Waals surface area contributed by atoms with Crippen molar-refractivity contribution < 1.29 is 10.0 Å². The topological polar surface area (TPSA) is 92.6 Å². The lowest BCUT2D eigenvalue weighted by Gasteiger charge is -2.25. The summed E-state index contributed by atoms with van der Waals surface area (Å²) in [6, 6.07) is 0. The molecule has 0 aliphatic carbocycles. The van der Waals surface area contributed by atoms with Crippen LogP contribution in [0.15, 0.2) is 0 Å². The van der Waals surface area contributed by atoms with Crippen LogP contribution in [0, 0.1) is 0 Å². The van der Waals surface area contributed by atoms with Gasteiger partial charge in [-0.05, 0) is 12.8 Å². The predicted octanol–water partition coefficient (Wildman–Crippen LogP) is -1.39. The van der Waals surface area contributed by atoms with Crippen LogP contribution < -0.4 is 11.5 Å². The van der Waals surface area contributed by atoms with E-state index in [-0.39, 0.29) is 0 Å². The Bertz CT molecular complexity index is 161. The van der Waals surface area contributed by atoms with E-state index in [1.807, 2.05) is 0 Å². The van der Waals surface area contributed by atoms with Gasteiger partial charge in [-0.2, -0.15) is 5.06 Å². The quantitative estimate of drug-likeness (QED) is 0.423. The zero-order chi connectivity index (χ0) is 7.78. The van der Waals surface area contributed by atoms with Crippen molar-refractivity contribution in [2.45, 2.75) is 18.5 Å². The van der Waals surface area contributed by atoms with Gasteiger partial charge in [-0.1, -0.05) is 0 Å². The molecule has 1 aliphatic heterocycles. The molecule has 0 spiro atoms. The third-order valence-corrected chi connectivity index (χ3v) is 1.82. The zero-order valence-electron chi connectivity index (χ0n) is 5.58. The van der Waals surface area contributed by atoms with Gasteiger partial charge in [0, 0.05) is 6.54 Å². The maximum absolute atomic E-state index is 10.6. The molecule has 0 saturated carbocycles. The molecule has 0 aromatic heterocycles. The largest absolute Gasteiger partial charge is 0.367 e. The molecule has 1 heterocycles. The molecule has 5 heteroatoms. The molecule has 1 fully saturated rings. The summed E-state index contributed by atoms with van der Waals surface area (Å²) in [6.07, 6.45) is 1.13. The van der Waals surface area contributed by atoms with Crippen LogP contribution in [0.2, 0.25) is 0 Å². The van der Waals surface area contributed by atoms with Crippen molar-refractivity contribution in [3.05, 3.63) is 0 Å². The fourth-order valence-corrected chi connectivity index (χ4v) is 1.08. The fraction of sp³-hybridized carbons (Fsp3) is 0.800. The lowest BCUT2D eigenvalue weighted by Crippen LogP contribution is -2.59. The van der Waals surface area contributed by atoms with Crippen LogP contribution in [0.5, 0.6) is 0 Å². The molecule has 1 amide bonds. The normalized spacial score (nSPS) is 34.6. The van der Waals surface area contributed by atoms with Crippen LogP contribution in [0.25, 0.3) is 0 Å². The smallest absolute Gasteiger partial charge is 0.254 e. The molecule has 0 aromatic rings. The van der Waals surface area contributed by atoms with Crippen molar-refractivity contribution in [2.75, 3.05) is 6.54 Å². The molecule has 1 saturated heterocycles. The van der Waals surface area contributed by atoms with E-state index in [0.29, 0.717) is 19.4 Å². The second-order valence-electron chi connectivity index (χ2n) is 2.52. The minimum Gasteiger partial charge on any atom is -0.367 e. The van der Waals surface area contributed by atoms with Gasteiger partial charge >= 0.3 is 0 Å². The minimum atomic E-state index is -1.32. The average molecular weight is 145 g/mol. The highest BCUT2D eigenvalue weighted by Gasteiger charge is 2.42. The maximum atomic E-state index is 10.6. The molecule has 1 aliphatic rings. The van der Waals surface area contributed by atoms with Gasteiger partial charge in [-0.25, -0.2) is 0 Å². The zero-order valence-corrected chi connectivity index (χ0v) is 5.58. The van der Waals surface area contributed by atoms with Crippen molar-refractivity contribution >= 4 is 5.91 Å². The Morgan fingerprint density at radius 3 is 2.50 bits per heavy atom. The number of hydrogen-bond donors (Lipinski definition) is 3. The predicted molar refractivity (Wildman–Crippen MR) is 33.8 cm³/mol. The Hall–Kier alpha value is -0.650. The van der Waals surface area contributed by atoms with Crippen LogP contribution in [-0.4, -0.2) is 28.4 Å². The highest BCUT2D eigenvalue weighted by molar-refractivity contribution is 5.83. The number of hydrogen-bond acceptors (Lipinski definition) is 4. The molecule has 0 radical (unpaired) electrons. The molecule has 1 rings (SSSR count). The number of carbonyl (C=O) groups is 1. The number of rotatable bonds is 1. The summed E-state index contributed by atoms with van der Waals surface area (Å²) >= 11 is 0. The molecule has 5 N–H and O–H groups in total. The number of nitrogens with two attached hydrogens (primary N) is 2. The third-order valence-electron chi connectivity index (χ3n) is 1.82. The summed E-state index contributed by atoms with van der Waals surface area (Å²) in [6.45, 7) is 0.416. The van der Waals surface area contributed by atoms with E-state index in [1.165, 1.54) is 0 Å². The van der Waals surface area contributed by atoms with Crippen LogP contribution >= 0.6 is 0 Å². The molecular formula is C5H11N3O2. The Balaban J connectivity index is 2.75. The van der Waals surface area contributed by atoms with E-state index in [9.17, 15) is 4.79 Å². The Morgan fingerprint density at radius 1 is 1.70 bits per heavy atom. The number of amides is 1. The highest BCUT2D eigenvalue weighted by atomic mass is 16.5. The first-order valence-corrected chi connectivity index (χ1v) is 3.12. The standard InChI is InChI=1S/C5H11N3O2/c6-4(9)5(7)2-1-3-8(5)10/h10H,1-3,7H2,(H2,6,9)/t5-/m1/s1. The van der Waals surface area contributed by atoms with E-state index in [4.69, 9.17) is 16.7 Å². The van der Waals surface area contributed by atoms with Crippen LogP contribution in [0.3, 0.4) is 0 Å². The molecule has 10 heavy (non-hydrogen) atoms. The fourth-order valence-electron chi connectivity index (χ4n) is 1.08. The monoisotopic (exact) mass is 145 g/mol. The summed E-state index contributed by atoms with van der Waals surface area (Å²) in [7, 11) is 0. The van der Waals surface area contributed by atoms with E-state index in [0.717, 1.165) is 5.06 Å². The minimum absolute atomic E-state index is 0.416. The van der Waals surface area contributed by atoms with E-state index < -0.39 is 11.6 Å². The van der Waals surface area contributed by atoms with Gasteiger partial charge in [-0.3, -0.25) is 4.79 Å². The summed E-state index contributed by atoms with van der Waals surface area (Å²) in [5, 5.41) is 9.83. The van der Waals surface area contributed by atoms with Gasteiger partial charge in [-0.15, -0.1) is 0 Å². The lowest BCUT2D eigenvalue weighted by molar-refractivity contribution is -0.166. The Morgan fingerprint density at radius 2 is 2.30 bits per heavy atom. The molecule has 0 bridgehead atoms. The van der Waals surface area contributed by atoms with Crippen molar-refractivity contribution in [3.8, 4) is 0 Å². The second kappa shape index (κ2) is 2.19. The maximum Gasteiger partial charge on any atom is 0.254 e. The molecule has 5 nitrogen and oxygen atoms in total. The van der Waals surface area contributed by atoms with Gasteiger partial charge in [0.15, 0.2) is 5.66 Å². The summed E-state index contributed by atoms with van der Waals surface area (Å²) in [4.78, 5) is 10.6. The second-order valence-corrected chi connectivity index (χ2v) is 2.52. The first kappa shape index (κ1) is 7.46. The lowest BCUT2D eigenvalue weighted by atomic mass is 10.1. The third kappa shape index (κ3) is 0.880. The highest BCUT2D eigenvalue weighted by Crippen LogP contribution is 2.20. The SMILES string of the molecule is NC(=O)[C@@]1(N)CCCN1O. The van der Waals surface area contributed by atoms with Gasteiger partial charge in [0.1, 0.15) is 0 Å². The Labute approximate surface area is 58.5 Å². The first-order chi connectivity index (χ1) is 4.57. The number of primary amides is 1. The van der Waals surface area contributed by atoms with E-state index in [1.54, 1.807) is 0 Å². The summed E-state index contributed by atoms with van der Waals surface area (Å²) in [5.41, 5.74) is 9.08. The van der Waals surface area contributed by atoms with Crippen molar-refractivity contribution in [3.63, 3.8) is 0 Å². The van der Waals surface area contributed by atoms with Gasteiger partial charge < -0.3 is 16.7 Å². The number of nitrogens with zero attached hydrogens (tertiary/aromatic N) is 1. The number of hydroxylamine groups is 2. The van der Waals surface area contributed by atoms with E-state index in [2.05, 4.69) is 0 Å². The van der Waals surface area contributed by atoms with Gasteiger partial charge in [0.25, 0.3) is 5.91 Å². The average Bonchev–Trinajstić information content (AvgIpc) is 2.15. The first-order valence-electron chi connectivity index (χ1n) is 3.12. The van der Waals surface area contributed by atoms with Gasteiger partial charge in [0.05, 0.1) is 0 Å². The molecule has 58 valence electrons.